The van der Waals surface area contributed by atoms with E-state index >= 15 is 0 Å². The highest BCUT2D eigenvalue weighted by Gasteiger charge is 2.25. The van der Waals surface area contributed by atoms with E-state index in [1.807, 2.05) is 0 Å². The van der Waals surface area contributed by atoms with Gasteiger partial charge in [-0.25, -0.2) is 4.79 Å². The number of hydrogen-bond acceptors (Lipinski definition) is 6. The predicted molar refractivity (Wildman–Crippen MR) is 93.5 cm³/mol. The highest BCUT2D eigenvalue weighted by atomic mass is 16.4. The third-order valence-corrected chi connectivity index (χ3v) is 3.35. The first-order valence-corrected chi connectivity index (χ1v) is 7.97. The van der Waals surface area contributed by atoms with Crippen LogP contribution in [0.25, 0.3) is 0 Å². The van der Waals surface area contributed by atoms with Gasteiger partial charge < -0.3 is 38.7 Å². The molecule has 0 aliphatic carbocycles. The van der Waals surface area contributed by atoms with Crippen LogP contribution in [0.2, 0.25) is 0 Å². The zero-order chi connectivity index (χ0) is 20.3. The van der Waals surface area contributed by atoms with Gasteiger partial charge in [0, 0.05) is 13.0 Å². The lowest BCUT2D eigenvalue weighted by Gasteiger charge is -2.20. The van der Waals surface area contributed by atoms with E-state index in [0.29, 0.717) is 19.4 Å². The predicted octanol–water partition coefficient (Wildman–Crippen LogP) is -3.29. The lowest BCUT2D eigenvalue weighted by atomic mass is 10.1. The van der Waals surface area contributed by atoms with Crippen LogP contribution in [0.4, 0.5) is 0 Å². The van der Waals surface area contributed by atoms with Crippen LogP contribution in [0.3, 0.4) is 0 Å². The standard InChI is InChI=1S/C14H27N7O5/c1-7(11(23)21-9(13(25)26)4-5-10(16)22)20-12(24)8(15)3-2-6-19-14(17)18/h7-9H,2-6,15H2,1H3,(H2,16,22)(H,20,24)(H,21,23)(H,25,26)(H4,17,18,19). The van der Waals surface area contributed by atoms with E-state index in [9.17, 15) is 19.2 Å². The summed E-state index contributed by atoms with van der Waals surface area (Å²) in [5.74, 6) is -3.34. The minimum atomic E-state index is -1.31. The molecule has 0 aromatic carbocycles. The molecule has 3 amide bonds. The van der Waals surface area contributed by atoms with Gasteiger partial charge in [0.1, 0.15) is 12.1 Å². The van der Waals surface area contributed by atoms with Crippen molar-refractivity contribution in [1.29, 1.82) is 0 Å². The van der Waals surface area contributed by atoms with E-state index in [0.717, 1.165) is 0 Å². The summed E-state index contributed by atoms with van der Waals surface area (Å²) in [6.45, 7) is 1.70. The van der Waals surface area contributed by atoms with Gasteiger partial charge in [0.15, 0.2) is 5.96 Å². The molecule has 148 valence electrons. The Labute approximate surface area is 150 Å². The molecule has 0 spiro atoms. The molecule has 0 fully saturated rings. The number of carboxylic acid groups (broad SMARTS) is 1. The minimum Gasteiger partial charge on any atom is -0.480 e. The SMILES string of the molecule is CC(NC(=O)C(N)CCCN=C(N)N)C(=O)NC(CCC(N)=O)C(=O)O. The largest absolute Gasteiger partial charge is 0.480 e. The summed E-state index contributed by atoms with van der Waals surface area (Å²) in [4.78, 5) is 49.5. The Morgan fingerprint density at radius 3 is 2.15 bits per heavy atom. The topological polar surface area (TPSA) is 229 Å². The van der Waals surface area contributed by atoms with E-state index < -0.39 is 41.8 Å². The Morgan fingerprint density at radius 2 is 1.65 bits per heavy atom. The molecule has 0 saturated heterocycles. The number of guanidine groups is 1. The summed E-state index contributed by atoms with van der Waals surface area (Å²) < 4.78 is 0. The minimum absolute atomic E-state index is 0.0577. The first-order chi connectivity index (χ1) is 12.0. The molecule has 12 heteroatoms. The smallest absolute Gasteiger partial charge is 0.326 e. The molecule has 0 heterocycles. The fraction of sp³-hybridized carbons (Fsp3) is 0.643. The molecule has 0 saturated carbocycles. The van der Waals surface area contributed by atoms with Crippen LogP contribution in [0.5, 0.6) is 0 Å². The molecular formula is C14H27N7O5. The first-order valence-electron chi connectivity index (χ1n) is 7.97. The van der Waals surface area contributed by atoms with Crippen LogP contribution in [0.1, 0.15) is 32.6 Å². The Bertz CT molecular complexity index is 548. The van der Waals surface area contributed by atoms with Crippen LogP contribution in [0.15, 0.2) is 4.99 Å². The van der Waals surface area contributed by atoms with Crippen molar-refractivity contribution in [3.8, 4) is 0 Å². The Hall–Kier alpha value is -2.89. The van der Waals surface area contributed by atoms with Crippen molar-refractivity contribution >= 4 is 29.7 Å². The third-order valence-electron chi connectivity index (χ3n) is 3.35. The van der Waals surface area contributed by atoms with Gasteiger partial charge in [-0.05, 0) is 26.2 Å². The zero-order valence-corrected chi connectivity index (χ0v) is 14.6. The highest BCUT2D eigenvalue weighted by Crippen LogP contribution is 2.00. The van der Waals surface area contributed by atoms with E-state index in [4.69, 9.17) is 28.0 Å². The summed E-state index contributed by atoms with van der Waals surface area (Å²) >= 11 is 0. The van der Waals surface area contributed by atoms with Gasteiger partial charge >= 0.3 is 5.97 Å². The molecule has 0 radical (unpaired) electrons. The van der Waals surface area contributed by atoms with Gasteiger partial charge in [-0.2, -0.15) is 0 Å². The maximum atomic E-state index is 12.0. The lowest BCUT2D eigenvalue weighted by Crippen LogP contribution is -2.53. The summed E-state index contributed by atoms with van der Waals surface area (Å²) in [7, 11) is 0. The van der Waals surface area contributed by atoms with E-state index in [1.165, 1.54) is 6.92 Å². The molecule has 0 bridgehead atoms. The van der Waals surface area contributed by atoms with Crippen LogP contribution in [0, 0.1) is 0 Å². The van der Waals surface area contributed by atoms with Crippen molar-refractivity contribution in [2.45, 2.75) is 50.7 Å². The number of rotatable bonds is 12. The van der Waals surface area contributed by atoms with E-state index in [1.54, 1.807) is 0 Å². The average Bonchev–Trinajstić information content (AvgIpc) is 2.53. The monoisotopic (exact) mass is 373 g/mol. The number of nitrogens with one attached hydrogen (secondary N) is 2. The Kier molecular flexibility index (Phi) is 10.3. The number of nitrogens with two attached hydrogens (primary N) is 4. The molecule has 26 heavy (non-hydrogen) atoms. The maximum absolute atomic E-state index is 12.0. The summed E-state index contributed by atoms with van der Waals surface area (Å²) in [5.41, 5.74) is 21.0. The van der Waals surface area contributed by atoms with Gasteiger partial charge in [-0.15, -0.1) is 0 Å². The van der Waals surface area contributed by atoms with Crippen LogP contribution < -0.4 is 33.6 Å². The highest BCUT2D eigenvalue weighted by molar-refractivity contribution is 5.91. The van der Waals surface area contributed by atoms with E-state index in [2.05, 4.69) is 15.6 Å². The quantitative estimate of drug-likeness (QED) is 0.104. The fourth-order valence-electron chi connectivity index (χ4n) is 1.88. The number of carboxylic acids is 1. The van der Waals surface area contributed by atoms with Crippen molar-refractivity contribution in [2.24, 2.45) is 27.9 Å². The summed E-state index contributed by atoms with van der Waals surface area (Å²) in [6.07, 6.45) is 0.425. The number of aliphatic imine (C=N–C) groups is 1. The summed E-state index contributed by atoms with van der Waals surface area (Å²) in [6, 6.07) is -3.17. The molecule has 0 aromatic rings. The molecule has 0 aromatic heterocycles. The number of carbonyl (C=O) groups is 4. The Balaban J connectivity index is 4.44. The lowest BCUT2D eigenvalue weighted by molar-refractivity contribution is -0.142. The van der Waals surface area contributed by atoms with Crippen molar-refractivity contribution in [2.75, 3.05) is 6.54 Å². The van der Waals surface area contributed by atoms with Crippen molar-refractivity contribution < 1.29 is 24.3 Å². The number of aliphatic carboxylic acids is 1. The third kappa shape index (κ3) is 10.1. The normalized spacial score (nSPS) is 13.8. The van der Waals surface area contributed by atoms with Crippen LogP contribution in [-0.2, 0) is 19.2 Å². The van der Waals surface area contributed by atoms with E-state index in [-0.39, 0.29) is 18.8 Å². The number of primary amides is 1. The molecule has 0 aliphatic heterocycles. The van der Waals surface area contributed by atoms with Crippen molar-refractivity contribution in [3.05, 3.63) is 0 Å². The second-order valence-electron chi connectivity index (χ2n) is 5.69. The molecule has 12 nitrogen and oxygen atoms in total. The zero-order valence-electron chi connectivity index (χ0n) is 14.6. The molecule has 3 atom stereocenters. The number of carbonyl (C=O) groups excluding carboxylic acids is 3. The maximum Gasteiger partial charge on any atom is 0.326 e. The van der Waals surface area contributed by atoms with Crippen molar-refractivity contribution in [3.63, 3.8) is 0 Å². The first kappa shape index (κ1) is 23.1. The molecule has 3 unspecified atom stereocenters. The molecule has 0 rings (SSSR count). The van der Waals surface area contributed by atoms with Gasteiger partial charge in [-0.3, -0.25) is 19.4 Å². The van der Waals surface area contributed by atoms with Gasteiger partial charge in [0.2, 0.25) is 17.7 Å². The fourth-order valence-corrected chi connectivity index (χ4v) is 1.88. The second-order valence-corrected chi connectivity index (χ2v) is 5.69. The second kappa shape index (κ2) is 11.6. The van der Waals surface area contributed by atoms with Crippen LogP contribution in [-0.4, -0.2) is 59.4 Å². The van der Waals surface area contributed by atoms with Gasteiger partial charge in [0.05, 0.1) is 6.04 Å². The number of nitrogens with zero attached hydrogens (tertiary/aromatic N) is 1. The van der Waals surface area contributed by atoms with Gasteiger partial charge in [-0.1, -0.05) is 0 Å². The molecule has 11 N–H and O–H groups in total. The average molecular weight is 373 g/mol. The van der Waals surface area contributed by atoms with Gasteiger partial charge in [0.25, 0.3) is 0 Å². The molecular weight excluding hydrogens is 346 g/mol. The van der Waals surface area contributed by atoms with Crippen molar-refractivity contribution in [1.82, 2.24) is 10.6 Å². The number of hydrogen-bond donors (Lipinski definition) is 7. The summed E-state index contributed by atoms with van der Waals surface area (Å²) in [5, 5.41) is 13.7. The molecule has 0 aliphatic rings. The number of amides is 3. The van der Waals surface area contributed by atoms with Crippen LogP contribution >= 0.6 is 0 Å². The Morgan fingerprint density at radius 1 is 1.04 bits per heavy atom.